The summed E-state index contributed by atoms with van der Waals surface area (Å²) >= 11 is 9.85. The molecule has 0 spiro atoms. The van der Waals surface area contributed by atoms with Crippen molar-refractivity contribution in [3.63, 3.8) is 0 Å². The van der Waals surface area contributed by atoms with Gasteiger partial charge in [-0.1, -0.05) is 45.7 Å². The molecule has 1 unspecified atom stereocenters. The van der Waals surface area contributed by atoms with Gasteiger partial charge in [-0.25, -0.2) is 0 Å². The Balaban J connectivity index is 1.39. The van der Waals surface area contributed by atoms with Crippen LogP contribution in [0.3, 0.4) is 0 Å². The lowest BCUT2D eigenvalue weighted by Gasteiger charge is -2.24. The van der Waals surface area contributed by atoms with Gasteiger partial charge in [-0.2, -0.15) is 0 Å². The number of nitrogens with one attached hydrogen (secondary N) is 1. The summed E-state index contributed by atoms with van der Waals surface area (Å²) in [5, 5.41) is 12.6. The van der Waals surface area contributed by atoms with E-state index in [-0.39, 0.29) is 5.91 Å². The zero-order valence-corrected chi connectivity index (χ0v) is 19.9. The fraction of sp³-hybridized carbons (Fsp3) is 0.200. The molecule has 0 aromatic heterocycles. The van der Waals surface area contributed by atoms with Gasteiger partial charge < -0.3 is 19.9 Å². The van der Waals surface area contributed by atoms with Crippen LogP contribution in [-0.2, 0) is 11.2 Å². The van der Waals surface area contributed by atoms with E-state index in [1.807, 2.05) is 24.3 Å². The fourth-order valence-corrected chi connectivity index (χ4v) is 4.33. The molecule has 3 aromatic rings. The number of rotatable bonds is 7. The highest BCUT2D eigenvalue weighted by molar-refractivity contribution is 9.10. The number of carbonyl (C=O) groups is 2. The highest BCUT2D eigenvalue weighted by atomic mass is 79.9. The third-order valence-corrected chi connectivity index (χ3v) is 6.45. The number of halogens is 2. The molecule has 4 rings (SSSR count). The number of carboxylic acids is 1. The van der Waals surface area contributed by atoms with E-state index in [2.05, 4.69) is 21.2 Å². The van der Waals surface area contributed by atoms with Crippen molar-refractivity contribution in [2.75, 3.05) is 13.2 Å². The van der Waals surface area contributed by atoms with Crippen molar-refractivity contribution in [2.45, 2.75) is 18.8 Å². The third-order valence-electron chi connectivity index (χ3n) is 5.38. The first kappa shape index (κ1) is 23.1. The normalized spacial score (nSPS) is 14.7. The molecule has 1 atom stereocenters. The van der Waals surface area contributed by atoms with Crippen molar-refractivity contribution in [1.29, 1.82) is 0 Å². The predicted octanol–water partition coefficient (Wildman–Crippen LogP) is 5.82. The van der Waals surface area contributed by atoms with Crippen molar-refractivity contribution < 1.29 is 24.2 Å². The Morgan fingerprint density at radius 2 is 1.91 bits per heavy atom. The maximum absolute atomic E-state index is 12.4. The van der Waals surface area contributed by atoms with E-state index in [0.29, 0.717) is 53.0 Å². The molecule has 0 fully saturated rings. The van der Waals surface area contributed by atoms with Crippen LogP contribution in [0.5, 0.6) is 17.2 Å². The second-order valence-corrected chi connectivity index (χ2v) is 8.83. The SMILES string of the molecule is O=C(NCCc1ccccc1Br)c1ccc(Oc2cc3c(cc2Cl)C(C(=O)O)CCO3)cc1. The summed E-state index contributed by atoms with van der Waals surface area (Å²) in [6, 6.07) is 17.8. The minimum Gasteiger partial charge on any atom is -0.493 e. The molecule has 0 radical (unpaired) electrons. The van der Waals surface area contributed by atoms with Crippen LogP contribution in [0.1, 0.15) is 33.8 Å². The molecule has 170 valence electrons. The van der Waals surface area contributed by atoms with Crippen LogP contribution in [0.2, 0.25) is 5.02 Å². The molecule has 1 aliphatic heterocycles. The van der Waals surface area contributed by atoms with Crippen molar-refractivity contribution in [1.82, 2.24) is 5.32 Å². The molecule has 1 aliphatic rings. The first-order valence-electron chi connectivity index (χ1n) is 10.4. The summed E-state index contributed by atoms with van der Waals surface area (Å²) in [6.07, 6.45) is 1.11. The smallest absolute Gasteiger partial charge is 0.311 e. The van der Waals surface area contributed by atoms with Crippen molar-refractivity contribution in [3.05, 3.63) is 86.8 Å². The number of benzene rings is 3. The van der Waals surface area contributed by atoms with Crippen LogP contribution < -0.4 is 14.8 Å². The molecule has 2 N–H and O–H groups in total. The van der Waals surface area contributed by atoms with E-state index >= 15 is 0 Å². The van der Waals surface area contributed by atoms with E-state index < -0.39 is 11.9 Å². The summed E-state index contributed by atoms with van der Waals surface area (Å²) in [6.45, 7) is 0.831. The Labute approximate surface area is 204 Å². The molecular formula is C25H21BrClNO5. The van der Waals surface area contributed by atoms with Crippen LogP contribution in [0.15, 0.2) is 65.1 Å². The maximum Gasteiger partial charge on any atom is 0.311 e. The lowest BCUT2D eigenvalue weighted by molar-refractivity contribution is -0.139. The van der Waals surface area contributed by atoms with Gasteiger partial charge in [0, 0.05) is 28.2 Å². The summed E-state index contributed by atoms with van der Waals surface area (Å²) in [5.74, 6) is -0.433. The minimum absolute atomic E-state index is 0.173. The second-order valence-electron chi connectivity index (χ2n) is 7.57. The van der Waals surface area contributed by atoms with Gasteiger partial charge in [-0.3, -0.25) is 9.59 Å². The highest BCUT2D eigenvalue weighted by Gasteiger charge is 2.29. The number of hydrogen-bond acceptors (Lipinski definition) is 4. The van der Waals surface area contributed by atoms with Crippen molar-refractivity contribution in [3.8, 4) is 17.2 Å². The lowest BCUT2D eigenvalue weighted by atomic mass is 9.93. The average molecular weight is 531 g/mol. The van der Waals surface area contributed by atoms with Crippen molar-refractivity contribution in [2.24, 2.45) is 0 Å². The summed E-state index contributed by atoms with van der Waals surface area (Å²) in [4.78, 5) is 23.9. The summed E-state index contributed by atoms with van der Waals surface area (Å²) < 4.78 is 12.5. The van der Waals surface area contributed by atoms with Gasteiger partial charge in [-0.05, 0) is 54.8 Å². The number of fused-ring (bicyclic) bond motifs is 1. The highest BCUT2D eigenvalue weighted by Crippen LogP contribution is 2.41. The number of hydrogen-bond donors (Lipinski definition) is 2. The number of ether oxygens (including phenoxy) is 2. The number of carbonyl (C=O) groups excluding carboxylic acids is 1. The fourth-order valence-electron chi connectivity index (χ4n) is 3.64. The minimum atomic E-state index is -0.908. The van der Waals surface area contributed by atoms with Gasteiger partial charge in [-0.15, -0.1) is 0 Å². The average Bonchev–Trinajstić information content (AvgIpc) is 2.80. The van der Waals surface area contributed by atoms with Crippen molar-refractivity contribution >= 4 is 39.4 Å². The third kappa shape index (κ3) is 5.49. The van der Waals surface area contributed by atoms with Crippen LogP contribution in [0.4, 0.5) is 0 Å². The van der Waals surface area contributed by atoms with Gasteiger partial charge in [0.05, 0.1) is 17.5 Å². The lowest BCUT2D eigenvalue weighted by Crippen LogP contribution is -2.25. The summed E-state index contributed by atoms with van der Waals surface area (Å²) in [7, 11) is 0. The van der Waals surface area contributed by atoms with Crippen LogP contribution in [0, 0.1) is 0 Å². The monoisotopic (exact) mass is 529 g/mol. The standard InChI is InChI=1S/C25H21BrClNO5/c26-20-4-2-1-3-15(20)9-11-28-24(29)16-5-7-17(8-6-16)33-23-14-22-19(13-21(23)27)18(25(30)31)10-12-32-22/h1-8,13-14,18H,9-12H2,(H,28,29)(H,30,31). The van der Waals surface area contributed by atoms with Gasteiger partial charge in [0.15, 0.2) is 0 Å². The van der Waals surface area contributed by atoms with E-state index in [9.17, 15) is 14.7 Å². The molecule has 0 saturated carbocycles. The molecule has 0 bridgehead atoms. The van der Waals surface area contributed by atoms with Gasteiger partial charge in [0.25, 0.3) is 5.91 Å². The molecular weight excluding hydrogens is 510 g/mol. The first-order chi connectivity index (χ1) is 15.9. The van der Waals surface area contributed by atoms with E-state index in [1.54, 1.807) is 36.4 Å². The molecule has 6 nitrogen and oxygen atoms in total. The Bertz CT molecular complexity index is 1180. The molecule has 1 amide bonds. The summed E-state index contributed by atoms with van der Waals surface area (Å²) in [5.41, 5.74) is 2.18. The second kappa shape index (κ2) is 10.3. The zero-order chi connectivity index (χ0) is 23.4. The first-order valence-corrected chi connectivity index (χ1v) is 11.6. The predicted molar refractivity (Wildman–Crippen MR) is 129 cm³/mol. The Morgan fingerprint density at radius 1 is 1.15 bits per heavy atom. The van der Waals surface area contributed by atoms with E-state index in [0.717, 1.165) is 16.5 Å². The van der Waals surface area contributed by atoms with Crippen LogP contribution >= 0.6 is 27.5 Å². The maximum atomic E-state index is 12.4. The molecule has 8 heteroatoms. The Morgan fingerprint density at radius 3 is 2.64 bits per heavy atom. The van der Waals surface area contributed by atoms with Crippen LogP contribution in [-0.4, -0.2) is 30.1 Å². The Hall–Kier alpha value is -3.03. The van der Waals surface area contributed by atoms with Gasteiger partial charge >= 0.3 is 5.97 Å². The molecule has 1 heterocycles. The van der Waals surface area contributed by atoms with E-state index in [1.165, 1.54) is 0 Å². The topological polar surface area (TPSA) is 84.9 Å². The number of carboxylic acid groups (broad SMARTS) is 1. The zero-order valence-electron chi connectivity index (χ0n) is 17.5. The largest absolute Gasteiger partial charge is 0.493 e. The molecule has 3 aromatic carbocycles. The number of aliphatic carboxylic acids is 1. The molecule has 0 aliphatic carbocycles. The quantitative estimate of drug-likeness (QED) is 0.402. The molecule has 0 saturated heterocycles. The van der Waals surface area contributed by atoms with Crippen LogP contribution in [0.25, 0.3) is 0 Å². The Kier molecular flexibility index (Phi) is 7.20. The number of amides is 1. The molecule has 33 heavy (non-hydrogen) atoms. The van der Waals surface area contributed by atoms with E-state index in [4.69, 9.17) is 21.1 Å². The van der Waals surface area contributed by atoms with Gasteiger partial charge in [0.2, 0.25) is 0 Å². The van der Waals surface area contributed by atoms with Gasteiger partial charge in [0.1, 0.15) is 17.2 Å².